The molecular formula is C26H46N+. The van der Waals surface area contributed by atoms with E-state index >= 15 is 0 Å². The zero-order chi connectivity index (χ0) is 19.8. The highest BCUT2D eigenvalue weighted by molar-refractivity contribution is 5.47. The maximum absolute atomic E-state index is 3.87. The highest BCUT2D eigenvalue weighted by atomic mass is 15.3. The van der Waals surface area contributed by atoms with Gasteiger partial charge in [-0.25, -0.2) is 0 Å². The van der Waals surface area contributed by atoms with Crippen molar-refractivity contribution < 1.29 is 4.48 Å². The fourth-order valence-corrected chi connectivity index (χ4v) is 4.02. The number of hydrogen-bond acceptors (Lipinski definition) is 0. The summed E-state index contributed by atoms with van der Waals surface area (Å²) < 4.78 is 1.20. The van der Waals surface area contributed by atoms with Crippen LogP contribution in [0, 0.1) is 0 Å². The second-order valence-corrected chi connectivity index (χ2v) is 8.71. The van der Waals surface area contributed by atoms with Crippen LogP contribution in [-0.4, -0.2) is 24.6 Å². The molecule has 0 saturated heterocycles. The lowest BCUT2D eigenvalue weighted by molar-refractivity contribution is -0.923. The van der Waals surface area contributed by atoms with Crippen LogP contribution in [0.3, 0.4) is 0 Å². The molecule has 0 amide bonds. The number of hydrogen-bond donors (Lipinski definition) is 0. The molecule has 0 aliphatic rings. The predicted octanol–water partition coefficient (Wildman–Crippen LogP) is 8.00. The van der Waals surface area contributed by atoms with Crippen molar-refractivity contribution in [2.75, 3.05) is 20.1 Å². The van der Waals surface area contributed by atoms with E-state index in [1.54, 1.807) is 0 Å². The van der Waals surface area contributed by atoms with Crippen molar-refractivity contribution in [1.82, 2.24) is 0 Å². The Morgan fingerprint density at radius 2 is 1.15 bits per heavy atom. The molecule has 0 aromatic heterocycles. The average Bonchev–Trinajstić information content (AvgIpc) is 2.68. The summed E-state index contributed by atoms with van der Waals surface area (Å²) in [5.41, 5.74) is 2.69. The largest absolute Gasteiger partial charge is 0.322 e. The van der Waals surface area contributed by atoms with E-state index in [2.05, 4.69) is 51.7 Å². The Morgan fingerprint density at radius 1 is 0.704 bits per heavy atom. The summed E-state index contributed by atoms with van der Waals surface area (Å²) in [5.74, 6) is 0. The summed E-state index contributed by atoms with van der Waals surface area (Å²) in [5, 5.41) is 0. The van der Waals surface area contributed by atoms with Crippen molar-refractivity contribution in [2.45, 2.75) is 97.4 Å². The predicted molar refractivity (Wildman–Crippen MR) is 123 cm³/mol. The van der Waals surface area contributed by atoms with Gasteiger partial charge in [0.05, 0.1) is 20.1 Å². The number of quaternary nitrogens is 1. The van der Waals surface area contributed by atoms with E-state index in [9.17, 15) is 0 Å². The van der Waals surface area contributed by atoms with Crippen molar-refractivity contribution in [3.05, 3.63) is 42.0 Å². The van der Waals surface area contributed by atoms with E-state index in [0.29, 0.717) is 0 Å². The fraction of sp³-hybridized carbons (Fsp3) is 0.692. The normalized spacial score (nSPS) is 11.7. The minimum atomic E-state index is 1.17. The summed E-state index contributed by atoms with van der Waals surface area (Å²) in [4.78, 5) is 0. The number of benzene rings is 1. The zero-order valence-electron chi connectivity index (χ0n) is 18.6. The van der Waals surface area contributed by atoms with E-state index in [1.165, 1.54) is 112 Å². The molecule has 1 rings (SSSR count). The molecule has 0 fully saturated rings. The lowest BCUT2D eigenvalue weighted by Gasteiger charge is -2.35. The summed E-state index contributed by atoms with van der Waals surface area (Å²) in [6.45, 7) is 12.3. The van der Waals surface area contributed by atoms with Gasteiger partial charge in [0, 0.05) is 5.56 Å². The van der Waals surface area contributed by atoms with Crippen LogP contribution >= 0.6 is 0 Å². The van der Waals surface area contributed by atoms with Gasteiger partial charge in [-0.15, -0.1) is 0 Å². The molecule has 0 unspecified atom stereocenters. The van der Waals surface area contributed by atoms with Crippen LogP contribution in [0.25, 0.3) is 6.08 Å². The fourth-order valence-electron chi connectivity index (χ4n) is 4.02. The Hall–Kier alpha value is -1.08. The zero-order valence-corrected chi connectivity index (χ0v) is 18.6. The van der Waals surface area contributed by atoms with Gasteiger partial charge in [-0.2, -0.15) is 0 Å². The summed E-state index contributed by atoms with van der Waals surface area (Å²) in [6.07, 6.45) is 18.6. The quantitative estimate of drug-likeness (QED) is 0.192. The molecule has 27 heavy (non-hydrogen) atoms. The Balaban J connectivity index is 2.50. The topological polar surface area (TPSA) is 0 Å². The molecule has 0 heterocycles. The van der Waals surface area contributed by atoms with Gasteiger partial charge in [0.25, 0.3) is 0 Å². The van der Waals surface area contributed by atoms with Crippen LogP contribution in [0.5, 0.6) is 0 Å². The van der Waals surface area contributed by atoms with Crippen LogP contribution < -0.4 is 0 Å². The van der Waals surface area contributed by atoms with Crippen LogP contribution in [0.4, 0.5) is 0 Å². The van der Waals surface area contributed by atoms with Crippen LogP contribution in [0.1, 0.15) is 102 Å². The molecule has 0 saturated carbocycles. The molecule has 0 N–H and O–H groups in total. The summed E-state index contributed by atoms with van der Waals surface area (Å²) in [7, 11) is 2.49. The van der Waals surface area contributed by atoms with Gasteiger partial charge >= 0.3 is 0 Å². The maximum Gasteiger partial charge on any atom is 0.104 e. The third kappa shape index (κ3) is 11.4. The van der Waals surface area contributed by atoms with E-state index < -0.39 is 0 Å². The number of rotatable bonds is 17. The molecule has 1 heteroatoms. The van der Waals surface area contributed by atoms with E-state index in [4.69, 9.17) is 0 Å². The standard InChI is InChI=1S/C26H46N/c1-5-8-10-12-14-16-22-27(4,23-17-15-13-11-9-6-2)24-26-20-18-25(7-3)19-21-26/h7,18-21H,3,5-6,8-17,22-24H2,1-2,4H3/q+1. The molecule has 0 radical (unpaired) electrons. The number of unbranched alkanes of at least 4 members (excludes halogenated alkanes) is 10. The second kappa shape index (κ2) is 14.9. The number of nitrogens with zero attached hydrogens (tertiary/aromatic N) is 1. The molecule has 1 nitrogen and oxygen atoms in total. The average molecular weight is 373 g/mol. The van der Waals surface area contributed by atoms with Crippen molar-refractivity contribution in [3.63, 3.8) is 0 Å². The SMILES string of the molecule is C=Cc1ccc(C[N+](C)(CCCCCCCC)CCCCCCCC)cc1. The smallest absolute Gasteiger partial charge is 0.104 e. The molecule has 0 atom stereocenters. The lowest BCUT2D eigenvalue weighted by atomic mass is 10.1. The van der Waals surface area contributed by atoms with Crippen molar-refractivity contribution in [2.24, 2.45) is 0 Å². The first-order chi connectivity index (χ1) is 13.1. The van der Waals surface area contributed by atoms with Gasteiger partial charge in [0.2, 0.25) is 0 Å². The Morgan fingerprint density at radius 3 is 1.59 bits per heavy atom. The van der Waals surface area contributed by atoms with Crippen LogP contribution in [0.15, 0.2) is 30.8 Å². The molecule has 1 aromatic rings. The highest BCUT2D eigenvalue weighted by Crippen LogP contribution is 2.18. The van der Waals surface area contributed by atoms with E-state index in [0.717, 1.165) is 0 Å². The third-order valence-corrected chi connectivity index (χ3v) is 5.88. The first-order valence-electron chi connectivity index (χ1n) is 11.7. The maximum atomic E-state index is 3.87. The minimum absolute atomic E-state index is 1.17. The van der Waals surface area contributed by atoms with Gasteiger partial charge in [-0.05, 0) is 31.2 Å². The van der Waals surface area contributed by atoms with Gasteiger partial charge in [-0.3, -0.25) is 0 Å². The molecule has 154 valence electrons. The minimum Gasteiger partial charge on any atom is -0.322 e. The molecule has 0 bridgehead atoms. The Bertz CT molecular complexity index is 457. The lowest BCUT2D eigenvalue weighted by Crippen LogP contribution is -2.44. The summed E-state index contributed by atoms with van der Waals surface area (Å²) >= 11 is 0. The van der Waals surface area contributed by atoms with Crippen molar-refractivity contribution in [1.29, 1.82) is 0 Å². The van der Waals surface area contributed by atoms with Gasteiger partial charge in [-0.1, -0.05) is 102 Å². The second-order valence-electron chi connectivity index (χ2n) is 8.71. The van der Waals surface area contributed by atoms with Crippen LogP contribution in [-0.2, 0) is 6.54 Å². The Labute approximate surface area is 170 Å². The molecule has 0 aliphatic carbocycles. The Kier molecular flexibility index (Phi) is 13.2. The highest BCUT2D eigenvalue weighted by Gasteiger charge is 2.21. The first-order valence-corrected chi connectivity index (χ1v) is 11.7. The van der Waals surface area contributed by atoms with Crippen molar-refractivity contribution >= 4 is 6.08 Å². The van der Waals surface area contributed by atoms with Crippen molar-refractivity contribution in [3.8, 4) is 0 Å². The monoisotopic (exact) mass is 372 g/mol. The molecular weight excluding hydrogens is 326 g/mol. The van der Waals surface area contributed by atoms with Gasteiger partial charge in [0.15, 0.2) is 0 Å². The molecule has 1 aromatic carbocycles. The van der Waals surface area contributed by atoms with Gasteiger partial charge in [0.1, 0.15) is 6.54 Å². The molecule has 0 spiro atoms. The first kappa shape index (κ1) is 24.0. The van der Waals surface area contributed by atoms with E-state index in [1.807, 2.05) is 6.08 Å². The van der Waals surface area contributed by atoms with E-state index in [-0.39, 0.29) is 0 Å². The summed E-state index contributed by atoms with van der Waals surface area (Å²) in [6, 6.07) is 9.02. The molecule has 0 aliphatic heterocycles. The van der Waals surface area contributed by atoms with Crippen LogP contribution in [0.2, 0.25) is 0 Å². The third-order valence-electron chi connectivity index (χ3n) is 5.88. The van der Waals surface area contributed by atoms with Gasteiger partial charge < -0.3 is 4.48 Å².